The van der Waals surface area contributed by atoms with Gasteiger partial charge in [-0.2, -0.15) is 18.3 Å². The monoisotopic (exact) mass is 554 g/mol. The number of aliphatic carboxylic acids is 1. The molecule has 208 valence electrons. The van der Waals surface area contributed by atoms with Crippen LogP contribution in [0.5, 0.6) is 0 Å². The molecule has 0 aliphatic carbocycles. The lowest BCUT2D eigenvalue weighted by atomic mass is 9.72. The number of fused-ring (bicyclic) bond motifs is 4. The summed E-state index contributed by atoms with van der Waals surface area (Å²) < 4.78 is 33.5. The van der Waals surface area contributed by atoms with Crippen LogP contribution in [0.25, 0.3) is 28.4 Å². The van der Waals surface area contributed by atoms with Crippen molar-refractivity contribution < 1.29 is 27.9 Å². The van der Waals surface area contributed by atoms with Crippen molar-refractivity contribution in [2.75, 3.05) is 29.9 Å². The minimum absolute atomic E-state index is 0.133. The Morgan fingerprint density at radius 3 is 2.45 bits per heavy atom. The Balaban J connectivity index is 0.000000411. The highest BCUT2D eigenvalue weighted by Crippen LogP contribution is 2.51. The zero-order valence-electron chi connectivity index (χ0n) is 21.6. The highest BCUT2D eigenvalue weighted by atomic mass is 19.4. The van der Waals surface area contributed by atoms with Gasteiger partial charge in [-0.1, -0.05) is 12.7 Å². The lowest BCUT2D eigenvalue weighted by Crippen LogP contribution is -2.48. The van der Waals surface area contributed by atoms with Gasteiger partial charge in [-0.15, -0.1) is 0 Å². The second kappa shape index (κ2) is 9.77. The van der Waals surface area contributed by atoms with E-state index in [1.165, 1.54) is 0 Å². The number of nitrogens with one attached hydrogen (secondary N) is 1. The normalized spacial score (nSPS) is 16.2. The number of amides is 1. The molecular formula is C26H25F3N8O3. The second-order valence-electron chi connectivity index (χ2n) is 9.57. The van der Waals surface area contributed by atoms with Crippen LogP contribution >= 0.6 is 0 Å². The molecule has 0 unspecified atom stereocenters. The number of carboxylic acids is 1. The molecule has 4 aromatic rings. The van der Waals surface area contributed by atoms with Crippen LogP contribution in [0.2, 0.25) is 0 Å². The first-order valence-electron chi connectivity index (χ1n) is 12.2. The van der Waals surface area contributed by atoms with E-state index in [9.17, 15) is 18.0 Å². The molecule has 1 saturated heterocycles. The fourth-order valence-electron chi connectivity index (χ4n) is 5.48. The minimum Gasteiger partial charge on any atom is -0.475 e. The highest BCUT2D eigenvalue weighted by Gasteiger charge is 2.53. The number of halogens is 3. The Bertz CT molecular complexity index is 1600. The number of carbonyl (C=O) groups is 2. The lowest BCUT2D eigenvalue weighted by Gasteiger charge is -2.39. The number of carbonyl (C=O) groups excluding carboxylic acids is 1. The molecule has 40 heavy (non-hydrogen) atoms. The van der Waals surface area contributed by atoms with E-state index < -0.39 is 17.6 Å². The predicted molar refractivity (Wildman–Crippen MR) is 141 cm³/mol. The third kappa shape index (κ3) is 4.34. The number of piperidine rings is 1. The Morgan fingerprint density at radius 1 is 1.20 bits per heavy atom. The molecule has 0 saturated carbocycles. The highest BCUT2D eigenvalue weighted by molar-refractivity contribution is 6.14. The number of pyridine rings is 1. The van der Waals surface area contributed by atoms with E-state index in [4.69, 9.17) is 9.90 Å². The van der Waals surface area contributed by atoms with E-state index in [1.54, 1.807) is 22.1 Å². The number of hydrogen-bond donors (Lipinski definition) is 2. The van der Waals surface area contributed by atoms with Gasteiger partial charge in [0.1, 0.15) is 17.8 Å². The smallest absolute Gasteiger partial charge is 0.475 e. The maximum absolute atomic E-state index is 13.7. The van der Waals surface area contributed by atoms with Gasteiger partial charge in [-0.25, -0.2) is 19.7 Å². The van der Waals surface area contributed by atoms with Crippen molar-refractivity contribution in [3.8, 4) is 11.3 Å². The largest absolute Gasteiger partial charge is 0.490 e. The van der Waals surface area contributed by atoms with Gasteiger partial charge in [0.25, 0.3) is 0 Å². The predicted octanol–water partition coefficient (Wildman–Crippen LogP) is 3.54. The van der Waals surface area contributed by atoms with E-state index >= 15 is 0 Å². The number of aromatic amines is 1. The van der Waals surface area contributed by atoms with Crippen LogP contribution in [0.3, 0.4) is 0 Å². The average Bonchev–Trinajstić information content (AvgIpc) is 3.59. The molecular weight excluding hydrogens is 529 g/mol. The molecule has 0 aromatic carbocycles. The molecule has 2 N–H and O–H groups in total. The fourth-order valence-corrected chi connectivity index (χ4v) is 5.48. The quantitative estimate of drug-likeness (QED) is 0.393. The van der Waals surface area contributed by atoms with Crippen LogP contribution < -0.4 is 9.80 Å². The van der Waals surface area contributed by atoms with E-state index in [1.807, 2.05) is 44.8 Å². The van der Waals surface area contributed by atoms with E-state index in [-0.39, 0.29) is 5.91 Å². The molecule has 11 nitrogen and oxygen atoms in total. The number of alkyl halides is 3. The van der Waals surface area contributed by atoms with Crippen molar-refractivity contribution in [3.63, 3.8) is 0 Å². The van der Waals surface area contributed by atoms with Gasteiger partial charge in [-0.05, 0) is 18.9 Å². The first kappa shape index (κ1) is 26.8. The summed E-state index contributed by atoms with van der Waals surface area (Å²) in [6.07, 6.45) is 7.10. The number of anilines is 2. The fraction of sp³-hybridized carbons (Fsp3) is 0.308. The van der Waals surface area contributed by atoms with Crippen LogP contribution in [0.1, 0.15) is 24.0 Å². The molecule has 0 radical (unpaired) electrons. The van der Waals surface area contributed by atoms with Gasteiger partial charge in [0.15, 0.2) is 0 Å². The van der Waals surface area contributed by atoms with Crippen molar-refractivity contribution in [2.45, 2.75) is 24.4 Å². The molecule has 0 bridgehead atoms. The topological polar surface area (TPSA) is 133 Å². The molecule has 1 fully saturated rings. The summed E-state index contributed by atoms with van der Waals surface area (Å²) >= 11 is 0. The van der Waals surface area contributed by atoms with E-state index in [0.717, 1.165) is 58.0 Å². The zero-order chi connectivity index (χ0) is 28.8. The minimum atomic E-state index is -5.08. The summed E-state index contributed by atoms with van der Waals surface area (Å²) in [7, 11) is 3.74. The zero-order valence-corrected chi connectivity index (χ0v) is 21.6. The van der Waals surface area contributed by atoms with Gasteiger partial charge in [0.05, 0.1) is 29.2 Å². The van der Waals surface area contributed by atoms with Gasteiger partial charge in [0, 0.05) is 61.7 Å². The summed E-state index contributed by atoms with van der Waals surface area (Å²) in [5.74, 6) is -1.73. The number of hydrogen-bond acceptors (Lipinski definition) is 7. The van der Waals surface area contributed by atoms with E-state index in [0.29, 0.717) is 12.8 Å². The second-order valence-corrected chi connectivity index (χ2v) is 9.57. The number of aromatic nitrogens is 6. The van der Waals surface area contributed by atoms with Gasteiger partial charge >= 0.3 is 12.1 Å². The number of aryl methyl sites for hydroxylation is 1. The first-order valence-corrected chi connectivity index (χ1v) is 12.2. The summed E-state index contributed by atoms with van der Waals surface area (Å²) in [5.41, 5.74) is 4.95. The SMILES string of the molecule is C=Cc1c(-c2cnn(C)c2)[nH]c2ncc3c(c12)C1(CCN(c2ccncn2)CC1)C(=O)N3C.O=C(O)C(F)(F)F. The Morgan fingerprint density at radius 2 is 1.90 bits per heavy atom. The maximum Gasteiger partial charge on any atom is 0.490 e. The van der Waals surface area contributed by atoms with Gasteiger partial charge in [-0.3, -0.25) is 9.48 Å². The number of likely N-dealkylation sites (N-methyl/N-ethyl adjacent to an activating group) is 1. The maximum atomic E-state index is 13.7. The van der Waals surface area contributed by atoms with Crippen LogP contribution in [-0.4, -0.2) is 73.0 Å². The van der Waals surface area contributed by atoms with Crippen molar-refractivity contribution in [2.24, 2.45) is 7.05 Å². The van der Waals surface area contributed by atoms with Crippen molar-refractivity contribution in [1.29, 1.82) is 0 Å². The van der Waals surface area contributed by atoms with Crippen molar-refractivity contribution >= 4 is 40.5 Å². The molecule has 2 aliphatic heterocycles. The molecule has 14 heteroatoms. The number of rotatable bonds is 3. The van der Waals surface area contributed by atoms with Crippen LogP contribution in [0.15, 0.2) is 43.8 Å². The standard InChI is InChI=1S/C24H24N8O.C2HF3O2/c1-4-16-19-20-17(12-26-22(19)29-21(16)15-11-28-30(2)13-15)31(3)23(33)24(20)6-9-32(10-7-24)18-5-8-25-14-27-18;3-2(4,5)1(6)7/h4-5,8,11-14H,1,6-7,9-10H2,2-3H3,(H,26,29);(H,6,7). The summed E-state index contributed by atoms with van der Waals surface area (Å²) in [6.45, 7) is 5.58. The number of nitrogens with zero attached hydrogens (tertiary/aromatic N) is 7. The van der Waals surface area contributed by atoms with E-state index in [2.05, 4.69) is 36.5 Å². The molecule has 6 heterocycles. The molecule has 6 rings (SSSR count). The average molecular weight is 555 g/mol. The number of carboxylic acid groups (broad SMARTS) is 1. The van der Waals surface area contributed by atoms with Crippen molar-refractivity contribution in [3.05, 3.63) is 54.9 Å². The Kier molecular flexibility index (Phi) is 6.56. The Hall–Kier alpha value is -4.75. The van der Waals surface area contributed by atoms with Gasteiger partial charge in [0.2, 0.25) is 5.91 Å². The summed E-state index contributed by atoms with van der Waals surface area (Å²) in [5, 5.41) is 12.4. The van der Waals surface area contributed by atoms with Crippen LogP contribution in [0.4, 0.5) is 24.7 Å². The van der Waals surface area contributed by atoms with Crippen LogP contribution in [0, 0.1) is 0 Å². The van der Waals surface area contributed by atoms with Crippen LogP contribution in [-0.2, 0) is 22.1 Å². The molecule has 1 amide bonds. The molecule has 4 aromatic heterocycles. The molecule has 1 spiro atoms. The third-order valence-electron chi connectivity index (χ3n) is 7.34. The third-order valence-corrected chi connectivity index (χ3v) is 7.34. The molecule has 0 atom stereocenters. The van der Waals surface area contributed by atoms with Gasteiger partial charge < -0.3 is 19.9 Å². The molecule has 2 aliphatic rings. The lowest BCUT2D eigenvalue weighted by molar-refractivity contribution is -0.192. The summed E-state index contributed by atoms with van der Waals surface area (Å²) in [4.78, 5) is 43.2. The van der Waals surface area contributed by atoms with Crippen molar-refractivity contribution in [1.82, 2.24) is 29.7 Å². The number of H-pyrrole nitrogens is 1. The first-order chi connectivity index (χ1) is 19.0. The summed E-state index contributed by atoms with van der Waals surface area (Å²) in [6, 6.07) is 1.92. The Labute approximate surface area is 226 Å².